The molecule has 160 valence electrons. The molecule has 0 saturated carbocycles. The van der Waals surface area contributed by atoms with Crippen LogP contribution in [0.4, 0.5) is 5.69 Å². The smallest absolute Gasteiger partial charge is 0.258 e. The van der Waals surface area contributed by atoms with E-state index < -0.39 is 0 Å². The van der Waals surface area contributed by atoms with Crippen LogP contribution in [0.3, 0.4) is 0 Å². The summed E-state index contributed by atoms with van der Waals surface area (Å²) in [5.41, 5.74) is 4.02. The van der Waals surface area contributed by atoms with Gasteiger partial charge in [-0.1, -0.05) is 24.3 Å². The van der Waals surface area contributed by atoms with Gasteiger partial charge in [0.1, 0.15) is 0 Å². The van der Waals surface area contributed by atoms with Gasteiger partial charge < -0.3 is 19.7 Å². The molecule has 6 heteroatoms. The number of amides is 1. The van der Waals surface area contributed by atoms with E-state index in [1.54, 1.807) is 13.2 Å². The minimum atomic E-state index is -0.119. The zero-order chi connectivity index (χ0) is 20.9. The summed E-state index contributed by atoms with van der Waals surface area (Å²) in [6, 6.07) is 14.3. The Morgan fingerprint density at radius 2 is 1.87 bits per heavy atom. The summed E-state index contributed by atoms with van der Waals surface area (Å²) < 4.78 is 10.9. The molecular formula is C24H31N3O3. The molecule has 0 radical (unpaired) electrons. The molecule has 4 rings (SSSR count). The number of anilines is 1. The number of carbonyl (C=O) groups excluding carboxylic acids is 1. The minimum Gasteiger partial charge on any atom is -0.493 e. The Morgan fingerprint density at radius 3 is 2.63 bits per heavy atom. The van der Waals surface area contributed by atoms with Crippen molar-refractivity contribution in [1.29, 1.82) is 0 Å². The van der Waals surface area contributed by atoms with Crippen LogP contribution in [0.15, 0.2) is 42.5 Å². The number of fused-ring (bicyclic) bond motifs is 1. The van der Waals surface area contributed by atoms with Crippen LogP contribution in [0.5, 0.6) is 11.5 Å². The highest BCUT2D eigenvalue weighted by atomic mass is 16.5. The van der Waals surface area contributed by atoms with Crippen molar-refractivity contribution in [2.75, 3.05) is 51.8 Å². The van der Waals surface area contributed by atoms with Gasteiger partial charge in [0.15, 0.2) is 18.1 Å². The highest BCUT2D eigenvalue weighted by molar-refractivity contribution is 5.77. The number of hydrogen-bond donors (Lipinski definition) is 1. The number of para-hydroxylation sites is 2. The standard InChI is InChI=1S/C24H31N3O3/c1-26-14-11-19-15-18(9-10-20(19)26)21(27-12-5-6-13-27)16-25-24(28)17-30-23-8-4-3-7-22(23)29-2/h3-4,7-10,15,21H,5-6,11-14,16-17H2,1-2H3,(H,25,28). The summed E-state index contributed by atoms with van der Waals surface area (Å²) in [7, 11) is 3.74. The summed E-state index contributed by atoms with van der Waals surface area (Å²) >= 11 is 0. The topological polar surface area (TPSA) is 54.0 Å². The summed E-state index contributed by atoms with van der Waals surface area (Å²) in [4.78, 5) is 17.3. The van der Waals surface area contributed by atoms with E-state index >= 15 is 0 Å². The van der Waals surface area contributed by atoms with Gasteiger partial charge in [0.05, 0.1) is 13.2 Å². The average molecular weight is 410 g/mol. The summed E-state index contributed by atoms with van der Waals surface area (Å²) in [5, 5.41) is 3.09. The Labute approximate surface area is 178 Å². The van der Waals surface area contributed by atoms with Gasteiger partial charge in [-0.3, -0.25) is 9.69 Å². The molecule has 2 heterocycles. The van der Waals surface area contributed by atoms with E-state index in [9.17, 15) is 4.79 Å². The molecule has 1 saturated heterocycles. The molecule has 0 bridgehead atoms. The number of carbonyl (C=O) groups is 1. The van der Waals surface area contributed by atoms with E-state index in [0.717, 1.165) is 26.1 Å². The van der Waals surface area contributed by atoms with Gasteiger partial charge in [0, 0.05) is 25.8 Å². The van der Waals surface area contributed by atoms with Gasteiger partial charge in [-0.25, -0.2) is 0 Å². The van der Waals surface area contributed by atoms with Crippen LogP contribution in [0.25, 0.3) is 0 Å². The van der Waals surface area contributed by atoms with Crippen LogP contribution in [0.1, 0.15) is 30.0 Å². The summed E-state index contributed by atoms with van der Waals surface area (Å²) in [6.07, 6.45) is 3.52. The van der Waals surface area contributed by atoms with Gasteiger partial charge in [-0.05, 0) is 61.7 Å². The van der Waals surface area contributed by atoms with Gasteiger partial charge in [0.25, 0.3) is 5.91 Å². The highest BCUT2D eigenvalue weighted by Gasteiger charge is 2.26. The second-order valence-corrected chi connectivity index (χ2v) is 8.06. The maximum absolute atomic E-state index is 12.5. The first kappa shape index (κ1) is 20.5. The molecule has 1 amide bonds. The van der Waals surface area contributed by atoms with E-state index in [-0.39, 0.29) is 18.6 Å². The SMILES string of the molecule is COc1ccccc1OCC(=O)NCC(c1ccc2c(c1)CCN2C)N1CCCC1. The van der Waals surface area contributed by atoms with Crippen molar-refractivity contribution in [3.05, 3.63) is 53.6 Å². The molecule has 6 nitrogen and oxygen atoms in total. The fourth-order valence-electron chi connectivity index (χ4n) is 4.45. The zero-order valence-corrected chi connectivity index (χ0v) is 17.9. The quantitative estimate of drug-likeness (QED) is 0.726. The van der Waals surface area contributed by atoms with Crippen molar-refractivity contribution < 1.29 is 14.3 Å². The first-order valence-corrected chi connectivity index (χ1v) is 10.8. The van der Waals surface area contributed by atoms with Gasteiger partial charge in [0.2, 0.25) is 0 Å². The first-order chi connectivity index (χ1) is 14.7. The lowest BCUT2D eigenvalue weighted by atomic mass is 10.0. The number of methoxy groups -OCH3 is 1. The van der Waals surface area contributed by atoms with Gasteiger partial charge in [-0.2, -0.15) is 0 Å². The molecule has 2 aliphatic heterocycles. The third-order valence-corrected chi connectivity index (χ3v) is 6.12. The number of benzene rings is 2. The third kappa shape index (κ3) is 4.54. The summed E-state index contributed by atoms with van der Waals surface area (Å²) in [6.45, 7) is 3.79. The highest BCUT2D eigenvalue weighted by Crippen LogP contribution is 2.32. The van der Waals surface area contributed by atoms with Gasteiger partial charge >= 0.3 is 0 Å². The average Bonchev–Trinajstić information content (AvgIpc) is 3.43. The molecule has 0 aromatic heterocycles. The fourth-order valence-corrected chi connectivity index (χ4v) is 4.45. The second-order valence-electron chi connectivity index (χ2n) is 8.06. The van der Waals surface area contributed by atoms with Crippen LogP contribution in [0.2, 0.25) is 0 Å². The fraction of sp³-hybridized carbons (Fsp3) is 0.458. The van der Waals surface area contributed by atoms with Crippen LogP contribution < -0.4 is 19.7 Å². The number of likely N-dealkylation sites (tertiary alicyclic amines) is 1. The van der Waals surface area contributed by atoms with Crippen molar-refractivity contribution >= 4 is 11.6 Å². The normalized spacial score (nSPS) is 16.9. The van der Waals surface area contributed by atoms with E-state index in [4.69, 9.17) is 9.47 Å². The summed E-state index contributed by atoms with van der Waals surface area (Å²) in [5.74, 6) is 1.09. The number of nitrogens with one attached hydrogen (secondary N) is 1. The van der Waals surface area contributed by atoms with Crippen molar-refractivity contribution in [3.8, 4) is 11.5 Å². The maximum Gasteiger partial charge on any atom is 0.258 e. The molecule has 2 aromatic rings. The largest absolute Gasteiger partial charge is 0.493 e. The molecule has 0 spiro atoms. The van der Waals surface area contributed by atoms with E-state index in [2.05, 4.69) is 40.4 Å². The molecule has 2 aliphatic rings. The van der Waals surface area contributed by atoms with Gasteiger partial charge in [-0.15, -0.1) is 0 Å². The Hall–Kier alpha value is -2.73. The number of nitrogens with zero attached hydrogens (tertiary/aromatic N) is 2. The number of ether oxygens (including phenoxy) is 2. The van der Waals surface area contributed by atoms with Crippen LogP contribution in [-0.2, 0) is 11.2 Å². The van der Waals surface area contributed by atoms with Crippen LogP contribution in [0, 0.1) is 0 Å². The van der Waals surface area contributed by atoms with E-state index in [1.807, 2.05) is 18.2 Å². The zero-order valence-electron chi connectivity index (χ0n) is 17.9. The maximum atomic E-state index is 12.5. The number of rotatable bonds is 8. The number of hydrogen-bond acceptors (Lipinski definition) is 5. The molecule has 30 heavy (non-hydrogen) atoms. The molecule has 0 aliphatic carbocycles. The molecular weight excluding hydrogens is 378 g/mol. The van der Waals surface area contributed by atoms with Crippen molar-refractivity contribution in [2.24, 2.45) is 0 Å². The molecule has 1 atom stereocenters. The molecule has 2 aromatic carbocycles. The third-order valence-electron chi connectivity index (χ3n) is 6.12. The lowest BCUT2D eigenvalue weighted by molar-refractivity contribution is -0.123. The Bertz CT molecular complexity index is 880. The lowest BCUT2D eigenvalue weighted by Crippen LogP contribution is -2.38. The molecule has 1 unspecified atom stereocenters. The second kappa shape index (κ2) is 9.39. The lowest BCUT2D eigenvalue weighted by Gasteiger charge is -2.29. The Balaban J connectivity index is 1.40. The predicted molar refractivity (Wildman–Crippen MR) is 118 cm³/mol. The number of likely N-dealkylation sites (N-methyl/N-ethyl adjacent to an activating group) is 1. The van der Waals surface area contributed by atoms with E-state index in [0.29, 0.717) is 18.0 Å². The van der Waals surface area contributed by atoms with Crippen molar-refractivity contribution in [2.45, 2.75) is 25.3 Å². The first-order valence-electron chi connectivity index (χ1n) is 10.8. The molecule has 1 N–H and O–H groups in total. The molecule has 1 fully saturated rings. The van der Waals surface area contributed by atoms with Crippen molar-refractivity contribution in [3.63, 3.8) is 0 Å². The minimum absolute atomic E-state index is 0.0257. The predicted octanol–water partition coefficient (Wildman–Crippen LogP) is 3.02. The van der Waals surface area contributed by atoms with Crippen LogP contribution in [-0.4, -0.2) is 57.8 Å². The monoisotopic (exact) mass is 409 g/mol. The Morgan fingerprint density at radius 1 is 1.10 bits per heavy atom. The van der Waals surface area contributed by atoms with E-state index in [1.165, 1.54) is 29.7 Å². The van der Waals surface area contributed by atoms with Crippen LogP contribution >= 0.6 is 0 Å². The van der Waals surface area contributed by atoms with Crippen molar-refractivity contribution in [1.82, 2.24) is 10.2 Å². The Kier molecular flexibility index (Phi) is 6.43.